The third-order valence-corrected chi connectivity index (χ3v) is 6.93. The van der Waals surface area contributed by atoms with Gasteiger partial charge in [-0.1, -0.05) is 103 Å². The molecule has 0 fully saturated rings. The summed E-state index contributed by atoms with van der Waals surface area (Å²) in [5, 5.41) is 4.93. The van der Waals surface area contributed by atoms with Crippen molar-refractivity contribution in [2.45, 2.75) is 0 Å². The number of benzene rings is 5. The van der Waals surface area contributed by atoms with Crippen molar-refractivity contribution in [1.82, 2.24) is 19.9 Å². The summed E-state index contributed by atoms with van der Waals surface area (Å²) >= 11 is 6.52. The van der Waals surface area contributed by atoms with E-state index in [0.717, 1.165) is 49.4 Å². The minimum absolute atomic E-state index is 0.631. The molecule has 0 bridgehead atoms. The van der Waals surface area contributed by atoms with E-state index in [1.54, 1.807) is 6.20 Å². The maximum Gasteiger partial charge on any atom is 0.160 e. The molecule has 0 atom stereocenters. The van der Waals surface area contributed by atoms with Gasteiger partial charge in [-0.15, -0.1) is 0 Å². The molecule has 7 aromatic rings. The van der Waals surface area contributed by atoms with E-state index in [-0.39, 0.29) is 0 Å². The van der Waals surface area contributed by atoms with E-state index in [0.29, 0.717) is 22.2 Å². The summed E-state index contributed by atoms with van der Waals surface area (Å²) in [5.74, 6) is 0.631. The van der Waals surface area contributed by atoms with E-state index in [2.05, 4.69) is 24.3 Å². The van der Waals surface area contributed by atoms with Gasteiger partial charge in [0.2, 0.25) is 0 Å². The Hall–Kier alpha value is -4.67. The van der Waals surface area contributed by atoms with E-state index in [9.17, 15) is 0 Å². The number of fused-ring (bicyclic) bond motifs is 4. The molecule has 0 radical (unpaired) electrons. The smallest absolute Gasteiger partial charge is 0.160 e. The van der Waals surface area contributed by atoms with Gasteiger partial charge >= 0.3 is 0 Å². The molecule has 0 saturated carbocycles. The van der Waals surface area contributed by atoms with Gasteiger partial charge in [-0.2, -0.15) is 0 Å². The van der Waals surface area contributed by atoms with Crippen LogP contribution in [0.5, 0.6) is 0 Å². The SMILES string of the molecule is Clc1ccc(-c2cc(-c3cnc4ccc5ccccc5c4n3)nc(-c3ccccc3)n2)c2ccccc12. The van der Waals surface area contributed by atoms with E-state index in [4.69, 9.17) is 31.5 Å². The second-order valence-corrected chi connectivity index (χ2v) is 9.29. The first-order chi connectivity index (χ1) is 18.2. The first-order valence-electron chi connectivity index (χ1n) is 12.0. The van der Waals surface area contributed by atoms with Crippen molar-refractivity contribution in [2.75, 3.05) is 0 Å². The molecule has 0 amide bonds. The standard InChI is InChI=1S/C32H19ClN4/c33-26-16-15-25(23-12-6-7-13-24(23)26)28-18-29(37-32(36-28)21-9-2-1-3-10-21)30-19-34-27-17-14-20-8-4-5-11-22(20)31(27)35-30/h1-19H. The fourth-order valence-corrected chi connectivity index (χ4v) is 5.01. The lowest BCUT2D eigenvalue weighted by molar-refractivity contribution is 1.16. The van der Waals surface area contributed by atoms with Gasteiger partial charge in [0.15, 0.2) is 5.82 Å². The average Bonchev–Trinajstić information content (AvgIpc) is 2.97. The van der Waals surface area contributed by atoms with Crippen molar-refractivity contribution >= 4 is 44.2 Å². The Morgan fingerprint density at radius 3 is 2.14 bits per heavy atom. The van der Waals surface area contributed by atoms with Gasteiger partial charge < -0.3 is 0 Å². The normalized spacial score (nSPS) is 11.4. The molecule has 0 saturated heterocycles. The van der Waals surface area contributed by atoms with Crippen LogP contribution in [0.1, 0.15) is 0 Å². The van der Waals surface area contributed by atoms with Gasteiger partial charge in [0, 0.05) is 26.9 Å². The van der Waals surface area contributed by atoms with Crippen molar-refractivity contribution in [3.05, 3.63) is 120 Å². The maximum absolute atomic E-state index is 6.52. The zero-order valence-corrected chi connectivity index (χ0v) is 20.4. The van der Waals surface area contributed by atoms with Crippen molar-refractivity contribution in [3.8, 4) is 34.0 Å². The molecule has 174 valence electrons. The molecule has 2 heterocycles. The molecule has 37 heavy (non-hydrogen) atoms. The molecule has 7 rings (SSSR count). The Morgan fingerprint density at radius 1 is 0.541 bits per heavy atom. The van der Waals surface area contributed by atoms with Crippen LogP contribution in [0.2, 0.25) is 5.02 Å². The molecule has 0 spiro atoms. The van der Waals surface area contributed by atoms with E-state index < -0.39 is 0 Å². The molecule has 0 unspecified atom stereocenters. The van der Waals surface area contributed by atoms with Crippen LogP contribution in [0.25, 0.3) is 66.6 Å². The van der Waals surface area contributed by atoms with Crippen LogP contribution in [0.3, 0.4) is 0 Å². The second-order valence-electron chi connectivity index (χ2n) is 8.88. The number of hydrogen-bond acceptors (Lipinski definition) is 4. The van der Waals surface area contributed by atoms with Crippen LogP contribution in [0, 0.1) is 0 Å². The molecule has 5 heteroatoms. The first kappa shape index (κ1) is 21.6. The van der Waals surface area contributed by atoms with Crippen LogP contribution < -0.4 is 0 Å². The molecule has 0 aliphatic heterocycles. The third-order valence-electron chi connectivity index (χ3n) is 6.60. The lowest BCUT2D eigenvalue weighted by Crippen LogP contribution is -1.98. The van der Waals surface area contributed by atoms with E-state index in [1.165, 1.54) is 0 Å². The largest absolute Gasteiger partial charge is 0.252 e. The maximum atomic E-state index is 6.52. The first-order valence-corrected chi connectivity index (χ1v) is 12.4. The topological polar surface area (TPSA) is 51.6 Å². The van der Waals surface area contributed by atoms with E-state index in [1.807, 2.05) is 84.9 Å². The minimum Gasteiger partial charge on any atom is -0.252 e. The highest BCUT2D eigenvalue weighted by atomic mass is 35.5. The Morgan fingerprint density at radius 2 is 1.27 bits per heavy atom. The molecule has 0 N–H and O–H groups in total. The number of halogens is 1. The number of nitrogens with zero attached hydrogens (tertiary/aromatic N) is 4. The van der Waals surface area contributed by atoms with Gasteiger partial charge in [-0.3, -0.25) is 4.98 Å². The van der Waals surface area contributed by atoms with Gasteiger partial charge in [0.1, 0.15) is 5.69 Å². The van der Waals surface area contributed by atoms with Crippen molar-refractivity contribution in [1.29, 1.82) is 0 Å². The molecule has 4 nitrogen and oxygen atoms in total. The summed E-state index contributed by atoms with van der Waals surface area (Å²) in [6.45, 7) is 0. The van der Waals surface area contributed by atoms with Gasteiger partial charge in [-0.05, 0) is 29.0 Å². The Bertz CT molecular complexity index is 1950. The van der Waals surface area contributed by atoms with Crippen LogP contribution in [0.15, 0.2) is 115 Å². The van der Waals surface area contributed by atoms with Crippen molar-refractivity contribution < 1.29 is 0 Å². The number of hydrogen-bond donors (Lipinski definition) is 0. The van der Waals surface area contributed by atoms with Gasteiger partial charge in [-0.25, -0.2) is 15.0 Å². The molecular weight excluding hydrogens is 476 g/mol. The van der Waals surface area contributed by atoms with Gasteiger partial charge in [0.25, 0.3) is 0 Å². The van der Waals surface area contributed by atoms with Gasteiger partial charge in [0.05, 0.1) is 28.6 Å². The van der Waals surface area contributed by atoms with Crippen LogP contribution in [-0.4, -0.2) is 19.9 Å². The van der Waals surface area contributed by atoms with Crippen molar-refractivity contribution in [2.24, 2.45) is 0 Å². The molecule has 5 aromatic carbocycles. The second kappa shape index (κ2) is 8.77. The fourth-order valence-electron chi connectivity index (χ4n) is 4.79. The Balaban J connectivity index is 1.50. The average molecular weight is 495 g/mol. The number of aromatic nitrogens is 4. The fraction of sp³-hybridized carbons (Fsp3) is 0. The highest BCUT2D eigenvalue weighted by Gasteiger charge is 2.15. The Kier molecular flexibility index (Phi) is 5.12. The highest BCUT2D eigenvalue weighted by Crippen LogP contribution is 2.35. The summed E-state index contributed by atoms with van der Waals surface area (Å²) in [6, 6.07) is 36.4. The van der Waals surface area contributed by atoms with Crippen LogP contribution in [0.4, 0.5) is 0 Å². The predicted octanol–water partition coefficient (Wildman–Crippen LogP) is 8.38. The third kappa shape index (κ3) is 3.79. The zero-order valence-electron chi connectivity index (χ0n) is 19.6. The summed E-state index contributed by atoms with van der Waals surface area (Å²) < 4.78 is 0. The molecule has 2 aromatic heterocycles. The molecule has 0 aliphatic rings. The highest BCUT2D eigenvalue weighted by molar-refractivity contribution is 6.36. The molecular formula is C32H19ClN4. The molecule has 0 aliphatic carbocycles. The number of rotatable bonds is 3. The Labute approximate surface area is 218 Å². The quantitative estimate of drug-likeness (QED) is 0.231. The van der Waals surface area contributed by atoms with E-state index >= 15 is 0 Å². The van der Waals surface area contributed by atoms with Crippen molar-refractivity contribution in [3.63, 3.8) is 0 Å². The predicted molar refractivity (Wildman–Crippen MR) is 151 cm³/mol. The van der Waals surface area contributed by atoms with Crippen LogP contribution in [-0.2, 0) is 0 Å². The lowest BCUT2D eigenvalue weighted by Gasteiger charge is -2.12. The monoisotopic (exact) mass is 494 g/mol. The summed E-state index contributed by atoms with van der Waals surface area (Å²) in [5.41, 5.74) is 5.84. The minimum atomic E-state index is 0.631. The van der Waals surface area contributed by atoms with Crippen LogP contribution >= 0.6 is 11.6 Å². The summed E-state index contributed by atoms with van der Waals surface area (Å²) in [7, 11) is 0. The zero-order chi connectivity index (χ0) is 24.8. The summed E-state index contributed by atoms with van der Waals surface area (Å²) in [4.78, 5) is 19.7. The summed E-state index contributed by atoms with van der Waals surface area (Å²) in [6.07, 6.45) is 1.79. The lowest BCUT2D eigenvalue weighted by atomic mass is 10.0.